The standard InChI is InChI=1S/C17H19NO3S/c1-21-12-14-6-4-13(5-7-14)11-18-17(20)9-8-15(19)16-3-2-10-22-16/h2-7,10H,8-9,11-12H2,1H3,(H,18,20). The summed E-state index contributed by atoms with van der Waals surface area (Å²) >= 11 is 1.41. The average Bonchev–Trinajstić information content (AvgIpc) is 3.07. The molecule has 2 aromatic rings. The molecule has 5 heteroatoms. The second-order valence-corrected chi connectivity index (χ2v) is 5.87. The predicted octanol–water partition coefficient (Wildman–Crippen LogP) is 3.17. The molecule has 0 radical (unpaired) electrons. The third kappa shape index (κ3) is 5.09. The third-order valence-electron chi connectivity index (χ3n) is 3.20. The fraction of sp³-hybridized carbons (Fsp3) is 0.294. The van der Waals surface area contributed by atoms with E-state index in [0.717, 1.165) is 11.1 Å². The van der Waals surface area contributed by atoms with Crippen molar-refractivity contribution in [1.82, 2.24) is 5.32 Å². The number of hydrogen-bond donors (Lipinski definition) is 1. The van der Waals surface area contributed by atoms with Gasteiger partial charge in [0.2, 0.25) is 5.91 Å². The lowest BCUT2D eigenvalue weighted by atomic mass is 10.1. The van der Waals surface area contributed by atoms with Crippen LogP contribution in [0.4, 0.5) is 0 Å². The molecule has 0 fully saturated rings. The molecule has 2 rings (SSSR count). The molecule has 0 saturated carbocycles. The van der Waals surface area contributed by atoms with Gasteiger partial charge in [0.15, 0.2) is 5.78 Å². The Morgan fingerprint density at radius 2 is 1.82 bits per heavy atom. The van der Waals surface area contributed by atoms with E-state index >= 15 is 0 Å². The molecule has 1 aromatic heterocycles. The lowest BCUT2D eigenvalue weighted by Crippen LogP contribution is -2.23. The van der Waals surface area contributed by atoms with E-state index in [4.69, 9.17) is 4.74 Å². The Morgan fingerprint density at radius 3 is 2.45 bits per heavy atom. The van der Waals surface area contributed by atoms with Crippen molar-refractivity contribution in [2.24, 2.45) is 0 Å². The Morgan fingerprint density at radius 1 is 1.09 bits per heavy atom. The lowest BCUT2D eigenvalue weighted by molar-refractivity contribution is -0.121. The Kier molecular flexibility index (Phi) is 6.30. The van der Waals surface area contributed by atoms with Crippen molar-refractivity contribution in [3.63, 3.8) is 0 Å². The van der Waals surface area contributed by atoms with Crippen LogP contribution in [-0.4, -0.2) is 18.8 Å². The van der Waals surface area contributed by atoms with Crippen LogP contribution in [0.15, 0.2) is 41.8 Å². The maximum absolute atomic E-state index is 11.8. The number of hydrogen-bond acceptors (Lipinski definition) is 4. The van der Waals surface area contributed by atoms with Crippen LogP contribution in [0, 0.1) is 0 Å². The SMILES string of the molecule is COCc1ccc(CNC(=O)CCC(=O)c2cccs2)cc1. The number of nitrogens with one attached hydrogen (secondary N) is 1. The molecule has 1 N–H and O–H groups in total. The first-order valence-corrected chi connectivity index (χ1v) is 7.97. The molecule has 0 atom stereocenters. The van der Waals surface area contributed by atoms with Crippen LogP contribution in [-0.2, 0) is 22.7 Å². The minimum Gasteiger partial charge on any atom is -0.380 e. The second kappa shape index (κ2) is 8.46. The van der Waals surface area contributed by atoms with Crippen molar-refractivity contribution < 1.29 is 14.3 Å². The molecule has 22 heavy (non-hydrogen) atoms. The largest absolute Gasteiger partial charge is 0.380 e. The molecule has 4 nitrogen and oxygen atoms in total. The average molecular weight is 317 g/mol. The molecule has 0 aliphatic heterocycles. The number of rotatable bonds is 8. The minimum absolute atomic E-state index is 0.0223. The number of amides is 1. The summed E-state index contributed by atoms with van der Waals surface area (Å²) in [7, 11) is 1.66. The van der Waals surface area contributed by atoms with Crippen molar-refractivity contribution in [3.8, 4) is 0 Å². The number of ketones is 1. The summed E-state index contributed by atoms with van der Waals surface area (Å²) in [6, 6.07) is 11.5. The lowest BCUT2D eigenvalue weighted by Gasteiger charge is -2.06. The van der Waals surface area contributed by atoms with Gasteiger partial charge in [-0.2, -0.15) is 0 Å². The van der Waals surface area contributed by atoms with E-state index in [1.54, 1.807) is 13.2 Å². The Hall–Kier alpha value is -1.98. The second-order valence-electron chi connectivity index (χ2n) is 4.93. The molecular formula is C17H19NO3S. The number of ether oxygens (including phenoxy) is 1. The molecule has 1 heterocycles. The Labute approximate surface area is 134 Å². The molecule has 0 aliphatic rings. The first-order valence-electron chi connectivity index (χ1n) is 7.09. The predicted molar refractivity (Wildman–Crippen MR) is 86.9 cm³/mol. The molecule has 1 amide bonds. The summed E-state index contributed by atoms with van der Waals surface area (Å²) in [6.45, 7) is 1.05. The summed E-state index contributed by atoms with van der Waals surface area (Å²) in [4.78, 5) is 24.3. The number of thiophene rings is 1. The summed E-state index contributed by atoms with van der Waals surface area (Å²) in [6.07, 6.45) is 0.470. The summed E-state index contributed by atoms with van der Waals surface area (Å²) in [5, 5.41) is 4.69. The van der Waals surface area contributed by atoms with Gasteiger partial charge >= 0.3 is 0 Å². The van der Waals surface area contributed by atoms with Crippen molar-refractivity contribution in [3.05, 3.63) is 57.8 Å². The van der Waals surface area contributed by atoms with Crippen LogP contribution in [0.1, 0.15) is 33.6 Å². The molecule has 1 aromatic carbocycles. The zero-order valence-electron chi connectivity index (χ0n) is 12.5. The van der Waals surface area contributed by atoms with Gasteiger partial charge in [0, 0.05) is 26.5 Å². The Bertz CT molecular complexity index is 605. The quantitative estimate of drug-likeness (QED) is 0.761. The molecule has 116 valence electrons. The van der Waals surface area contributed by atoms with E-state index in [-0.39, 0.29) is 24.5 Å². The maximum Gasteiger partial charge on any atom is 0.220 e. The van der Waals surface area contributed by atoms with Gasteiger partial charge in [0.25, 0.3) is 0 Å². The van der Waals surface area contributed by atoms with E-state index in [0.29, 0.717) is 18.0 Å². The monoisotopic (exact) mass is 317 g/mol. The van der Waals surface area contributed by atoms with Crippen LogP contribution >= 0.6 is 11.3 Å². The van der Waals surface area contributed by atoms with E-state index in [1.165, 1.54) is 11.3 Å². The van der Waals surface area contributed by atoms with Gasteiger partial charge in [0.05, 0.1) is 11.5 Å². The minimum atomic E-state index is -0.106. The first-order chi connectivity index (χ1) is 10.7. The van der Waals surface area contributed by atoms with Gasteiger partial charge in [-0.25, -0.2) is 0 Å². The molecule has 0 spiro atoms. The fourth-order valence-electron chi connectivity index (χ4n) is 2.00. The summed E-state index contributed by atoms with van der Waals surface area (Å²) < 4.78 is 5.05. The number of benzene rings is 1. The number of methoxy groups -OCH3 is 1. The van der Waals surface area contributed by atoms with Crippen LogP contribution in [0.3, 0.4) is 0 Å². The highest BCUT2D eigenvalue weighted by molar-refractivity contribution is 7.12. The van der Waals surface area contributed by atoms with Gasteiger partial charge in [-0.05, 0) is 22.6 Å². The van der Waals surface area contributed by atoms with Crippen molar-refractivity contribution in [2.75, 3.05) is 7.11 Å². The number of Topliss-reactive ketones (excluding diaryl/α,β-unsaturated/α-hetero) is 1. The Balaban J connectivity index is 1.72. The van der Waals surface area contributed by atoms with Crippen LogP contribution in [0.2, 0.25) is 0 Å². The molecule has 0 saturated heterocycles. The van der Waals surface area contributed by atoms with E-state index < -0.39 is 0 Å². The molecule has 0 unspecified atom stereocenters. The van der Waals surface area contributed by atoms with Gasteiger partial charge in [-0.15, -0.1) is 11.3 Å². The fourth-order valence-corrected chi connectivity index (χ4v) is 2.69. The van der Waals surface area contributed by atoms with Crippen LogP contribution < -0.4 is 5.32 Å². The number of carbonyl (C=O) groups excluding carboxylic acids is 2. The normalized spacial score (nSPS) is 10.4. The van der Waals surface area contributed by atoms with Crippen molar-refractivity contribution in [1.29, 1.82) is 0 Å². The number of carbonyl (C=O) groups is 2. The molecule has 0 aliphatic carbocycles. The van der Waals surface area contributed by atoms with E-state index in [2.05, 4.69) is 5.32 Å². The van der Waals surface area contributed by atoms with Crippen molar-refractivity contribution in [2.45, 2.75) is 26.0 Å². The van der Waals surface area contributed by atoms with Gasteiger partial charge in [-0.1, -0.05) is 30.3 Å². The maximum atomic E-state index is 11.8. The van der Waals surface area contributed by atoms with Gasteiger partial charge in [-0.3, -0.25) is 9.59 Å². The van der Waals surface area contributed by atoms with E-state index in [1.807, 2.05) is 35.7 Å². The van der Waals surface area contributed by atoms with E-state index in [9.17, 15) is 9.59 Å². The zero-order valence-corrected chi connectivity index (χ0v) is 13.3. The third-order valence-corrected chi connectivity index (χ3v) is 4.11. The van der Waals surface area contributed by atoms with Crippen molar-refractivity contribution >= 4 is 23.0 Å². The highest BCUT2D eigenvalue weighted by atomic mass is 32.1. The topological polar surface area (TPSA) is 55.4 Å². The van der Waals surface area contributed by atoms with Gasteiger partial charge in [0.1, 0.15) is 0 Å². The highest BCUT2D eigenvalue weighted by Crippen LogP contribution is 2.12. The molecular weight excluding hydrogens is 298 g/mol. The summed E-state index contributed by atoms with van der Waals surface area (Å²) in [5.41, 5.74) is 2.12. The first kappa shape index (κ1) is 16.4. The van der Waals surface area contributed by atoms with Crippen LogP contribution in [0.5, 0.6) is 0 Å². The molecule has 0 bridgehead atoms. The zero-order chi connectivity index (χ0) is 15.8. The smallest absolute Gasteiger partial charge is 0.220 e. The van der Waals surface area contributed by atoms with Gasteiger partial charge < -0.3 is 10.1 Å². The van der Waals surface area contributed by atoms with Crippen LogP contribution in [0.25, 0.3) is 0 Å². The highest BCUT2D eigenvalue weighted by Gasteiger charge is 2.09. The summed E-state index contributed by atoms with van der Waals surface area (Å²) in [5.74, 6) is -0.0834.